The molecule has 0 spiro atoms. The number of ketones is 4. The minimum atomic E-state index is -1.26. The molecule has 1 aromatic rings. The number of fused-ring (bicyclic) bond motifs is 1. The molecule has 0 aromatic carbocycles. The van der Waals surface area contributed by atoms with Gasteiger partial charge in [0, 0.05) is 111 Å². The summed E-state index contributed by atoms with van der Waals surface area (Å²) in [6.07, 6.45) is 1.87. The van der Waals surface area contributed by atoms with Gasteiger partial charge in [0.05, 0.1) is 37.4 Å². The van der Waals surface area contributed by atoms with Gasteiger partial charge in [-0.25, -0.2) is 9.75 Å². The number of tetrazole rings is 1. The predicted molar refractivity (Wildman–Crippen MR) is 371 cm³/mol. The van der Waals surface area contributed by atoms with Crippen molar-refractivity contribution in [3.63, 3.8) is 0 Å². The van der Waals surface area contributed by atoms with Crippen LogP contribution < -0.4 is 10.6 Å². The number of morpholine rings is 1. The van der Waals surface area contributed by atoms with E-state index in [2.05, 4.69) is 31.1 Å². The minimum Gasteiger partial charge on any atom is -0.379 e. The Bertz CT molecular complexity index is 2820. The molecule has 2 N–H and O–H groups in total. The van der Waals surface area contributed by atoms with Crippen molar-refractivity contribution in [1.29, 1.82) is 0 Å². The van der Waals surface area contributed by atoms with E-state index in [0.29, 0.717) is 51.1 Å². The van der Waals surface area contributed by atoms with Crippen LogP contribution in [0.1, 0.15) is 200 Å². The molecule has 0 saturated carbocycles. The largest absolute Gasteiger partial charge is 0.379 e. The van der Waals surface area contributed by atoms with Crippen LogP contribution in [0.3, 0.4) is 0 Å². The van der Waals surface area contributed by atoms with E-state index in [4.69, 9.17) is 14.3 Å². The van der Waals surface area contributed by atoms with Crippen molar-refractivity contribution in [2.75, 3.05) is 67.6 Å². The maximum atomic E-state index is 15.3. The van der Waals surface area contributed by atoms with Gasteiger partial charge >= 0.3 is 0 Å². The van der Waals surface area contributed by atoms with Gasteiger partial charge in [-0.1, -0.05) is 103 Å². The molecule has 4 heterocycles. The highest BCUT2D eigenvalue weighted by atomic mass is 16.7. The molecule has 98 heavy (non-hydrogen) atoms. The lowest BCUT2D eigenvalue weighted by Gasteiger charge is -2.50. The van der Waals surface area contributed by atoms with E-state index in [1.54, 1.807) is 53.3 Å². The highest BCUT2D eigenvalue weighted by molar-refractivity contribution is 6.00. The molecule has 0 bridgehead atoms. The quantitative estimate of drug-likeness (QED) is 0.124. The number of rotatable bonds is 22. The fourth-order valence-corrected chi connectivity index (χ4v) is 14.0. The average Bonchev–Trinajstić information content (AvgIpc) is 0.807. The summed E-state index contributed by atoms with van der Waals surface area (Å²) in [5, 5.41) is 18.5. The number of aromatic nitrogens is 4. The summed E-state index contributed by atoms with van der Waals surface area (Å²) in [6, 6.07) is -8.01. The minimum absolute atomic E-state index is 0.0853. The number of ether oxygens (including phenoxy) is 2. The Morgan fingerprint density at radius 3 is 1.68 bits per heavy atom. The first-order chi connectivity index (χ1) is 45.9. The maximum absolute atomic E-state index is 15.3. The molecule has 0 unspecified atom stereocenters. The van der Waals surface area contributed by atoms with E-state index in [1.807, 2.05) is 62.3 Å². The fraction of sp³-hybridized carbons (Fsp3) is 0.833. The zero-order chi connectivity index (χ0) is 73.7. The Labute approximate surface area is 584 Å². The molecule has 7 amide bonds. The smallest absolute Gasteiger partial charge is 0.270 e. The lowest BCUT2D eigenvalue weighted by atomic mass is 9.85. The Balaban J connectivity index is 1.83. The Morgan fingerprint density at radius 2 is 1.13 bits per heavy atom. The van der Waals surface area contributed by atoms with Crippen LogP contribution in [0.2, 0.25) is 0 Å². The number of hydrogen-bond acceptors (Lipinski definition) is 18. The Kier molecular flexibility index (Phi) is 34.2. The second kappa shape index (κ2) is 39.8. The number of aryl methyl sites for hydroxylation is 2. The zero-order valence-corrected chi connectivity index (χ0v) is 63.3. The first-order valence-electron chi connectivity index (χ1n) is 36.4. The van der Waals surface area contributed by atoms with Crippen LogP contribution in [0.5, 0.6) is 0 Å². The van der Waals surface area contributed by atoms with Crippen LogP contribution in [0.25, 0.3) is 0 Å². The highest BCUT2D eigenvalue weighted by Crippen LogP contribution is 2.35. The van der Waals surface area contributed by atoms with Gasteiger partial charge in [-0.15, -0.1) is 5.10 Å². The molecule has 0 aliphatic carbocycles. The summed E-state index contributed by atoms with van der Waals surface area (Å²) in [7, 11) is 7.76. The van der Waals surface area contributed by atoms with Crippen LogP contribution in [-0.2, 0) is 80.5 Å². The van der Waals surface area contributed by atoms with Gasteiger partial charge < -0.3 is 39.7 Å². The molecule has 3 aliphatic heterocycles. The van der Waals surface area contributed by atoms with Gasteiger partial charge in [0.1, 0.15) is 24.2 Å². The Morgan fingerprint density at radius 1 is 0.561 bits per heavy atom. The summed E-state index contributed by atoms with van der Waals surface area (Å²) < 4.78 is 13.5. The predicted octanol–water partition coefficient (Wildman–Crippen LogP) is 6.10. The van der Waals surface area contributed by atoms with Gasteiger partial charge in [-0.2, -0.15) is 0 Å². The van der Waals surface area contributed by atoms with Crippen LogP contribution in [0.4, 0.5) is 0 Å². The third-order valence-corrected chi connectivity index (χ3v) is 20.0. The molecule has 1 aromatic heterocycles. The van der Waals surface area contributed by atoms with Crippen molar-refractivity contribution < 1.29 is 67.1 Å². The fourth-order valence-electron chi connectivity index (χ4n) is 14.0. The average molecular weight is 1380 g/mol. The molecule has 3 aliphatic rings. The van der Waals surface area contributed by atoms with Gasteiger partial charge in [0.15, 0.2) is 35.0 Å². The van der Waals surface area contributed by atoms with Crippen molar-refractivity contribution >= 4 is 64.5 Å². The number of amides is 7. The second-order valence-electron chi connectivity index (χ2n) is 30.4. The van der Waals surface area contributed by atoms with E-state index >= 15 is 19.2 Å². The van der Waals surface area contributed by atoms with Crippen molar-refractivity contribution in [3.8, 4) is 0 Å². The molecule has 0 radical (unpaired) electrons. The van der Waals surface area contributed by atoms with E-state index < -0.39 is 154 Å². The van der Waals surface area contributed by atoms with Gasteiger partial charge in [0.25, 0.3) is 5.91 Å². The number of unbranched alkanes of at least 4 members (excludes halogenated alkanes) is 2. The SMILES string of the molecule is CC[C@@H]1NC(=O)[C@@H]2[C@@H]([C@H](C)CCCCc3nnnn3C)ON2C(=O)[C@H](C(C)C)N(C)C(=O)[C@H](CC(C)C)CC(=O)[C@H](CC(C)C)N(C)C(=O)[C@@H](C)NC(=O)[C@H](C)CC(=O)[C@H](CC(C)C)N(C)C(=O)[C@H](C(C)C)CC(=O)[C@H]([C@@H](C)OCCCCN2CCOCC2)N(C)C(=O)[C@@H](C)CC1=O. The van der Waals surface area contributed by atoms with E-state index in [9.17, 15) is 33.6 Å². The molecular formula is C72H124N12O14. The number of hydrogen-bond donors (Lipinski definition) is 2. The summed E-state index contributed by atoms with van der Waals surface area (Å²) in [5.41, 5.74) is 0. The monoisotopic (exact) mass is 1380 g/mol. The van der Waals surface area contributed by atoms with Crippen LogP contribution in [0, 0.1) is 59.2 Å². The standard InChI is InChI=1S/C72H124N12O14/c1-22-54-57(85)39-49(14)68(91)81(20)63(51(16)97-32-26-25-29-83-30-33-96-34-31-83)60(88)41-53(45(8)9)71(94)79(18)55(36-43(4)5)58(86)38-48(13)66(89)73-50(15)69(92)78(17)56(37-44(6)7)59(87)40-52(35-42(2)3)70(93)80(19)62(46(10)11)72(95)84-64(67(90)74-54)65(98-84)47(12)27-23-24-28-61-75-76-77-82(61)21/h42-56,62-65H,22-41H2,1-21H3,(H,73,89)(H,74,90)/t47-,48-,49+,50-,51-,52-,53+,54+,55+,56+,62+,63+,64+,65-/m1/s1. The summed E-state index contributed by atoms with van der Waals surface area (Å²) in [6.45, 7) is 32.7. The van der Waals surface area contributed by atoms with Gasteiger partial charge in [-0.05, 0) is 118 Å². The summed E-state index contributed by atoms with van der Waals surface area (Å²) >= 11 is 0. The lowest BCUT2D eigenvalue weighted by molar-refractivity contribution is -0.322. The number of likely N-dealkylation sites (N-methyl/N-ethyl adjacent to an activating group) is 4. The number of nitrogens with one attached hydrogen (secondary N) is 2. The van der Waals surface area contributed by atoms with Crippen molar-refractivity contribution in [2.24, 2.45) is 66.2 Å². The molecule has 556 valence electrons. The summed E-state index contributed by atoms with van der Waals surface area (Å²) in [5.74, 6) is -10.6. The van der Waals surface area contributed by atoms with E-state index in [1.165, 1.54) is 54.7 Å². The molecule has 3 saturated heterocycles. The van der Waals surface area contributed by atoms with Gasteiger partial charge in [0.2, 0.25) is 35.4 Å². The van der Waals surface area contributed by atoms with E-state index in [0.717, 1.165) is 31.1 Å². The maximum Gasteiger partial charge on any atom is 0.270 e. The Hall–Kier alpha value is -6.12. The highest BCUT2D eigenvalue weighted by Gasteiger charge is 2.54. The van der Waals surface area contributed by atoms with Gasteiger partial charge in [-0.3, -0.25) is 62.5 Å². The third-order valence-electron chi connectivity index (χ3n) is 20.0. The number of hydroxylamine groups is 2. The molecular weight excluding hydrogens is 1260 g/mol. The molecule has 4 rings (SSSR count). The normalized spacial score (nSPS) is 28.0. The van der Waals surface area contributed by atoms with Crippen LogP contribution in [-0.4, -0.2) is 236 Å². The zero-order valence-electron chi connectivity index (χ0n) is 63.3. The number of nitrogens with zero attached hydrogens (tertiary/aromatic N) is 10. The number of Topliss-reactive ketones (excluding diaryl/α,β-unsaturated/α-hetero) is 4. The number of carbonyl (C=O) groups excluding carboxylic acids is 11. The topological polar surface area (TPSA) is 303 Å². The summed E-state index contributed by atoms with van der Waals surface area (Å²) in [4.78, 5) is 177. The van der Waals surface area contributed by atoms with Crippen molar-refractivity contribution in [3.05, 3.63) is 5.82 Å². The number of carbonyl (C=O) groups is 11. The molecule has 14 atom stereocenters. The third kappa shape index (κ3) is 23.8. The van der Waals surface area contributed by atoms with Crippen molar-refractivity contribution in [1.82, 2.24) is 60.4 Å². The first-order valence-corrected chi connectivity index (χ1v) is 36.4. The van der Waals surface area contributed by atoms with Crippen molar-refractivity contribution in [2.45, 2.75) is 255 Å². The lowest BCUT2D eigenvalue weighted by Crippen LogP contribution is -2.71. The molecule has 3 fully saturated rings. The van der Waals surface area contributed by atoms with E-state index in [-0.39, 0.29) is 81.6 Å². The first kappa shape index (κ1) is 84.3. The molecule has 26 nitrogen and oxygen atoms in total. The van der Waals surface area contributed by atoms with Crippen LogP contribution >= 0.6 is 0 Å². The molecule has 26 heteroatoms. The second-order valence-corrected chi connectivity index (χ2v) is 30.4. The van der Waals surface area contributed by atoms with Crippen LogP contribution in [0.15, 0.2) is 0 Å².